The molecule has 0 radical (unpaired) electrons. The van der Waals surface area contributed by atoms with Crippen LogP contribution >= 0.6 is 0 Å². The van der Waals surface area contributed by atoms with Gasteiger partial charge < -0.3 is 11.1 Å². The molecular weight excluding hydrogens is 238 g/mol. The molecule has 0 aromatic heterocycles. The van der Waals surface area contributed by atoms with Crippen LogP contribution in [0.3, 0.4) is 0 Å². The first-order valence-electron chi connectivity index (χ1n) is 6.13. The summed E-state index contributed by atoms with van der Waals surface area (Å²) in [5.41, 5.74) is 5.30. The number of nitrogens with two attached hydrogens (primary N) is 1. The molecule has 0 heterocycles. The molecule has 1 fully saturated rings. The van der Waals surface area contributed by atoms with E-state index in [1.807, 2.05) is 0 Å². The third kappa shape index (κ3) is 2.78. The molecule has 18 heavy (non-hydrogen) atoms. The minimum atomic E-state index is -0.836. The maximum atomic E-state index is 13.5. The van der Waals surface area contributed by atoms with Crippen molar-refractivity contribution in [2.45, 2.75) is 32.1 Å². The fraction of sp³-hybridized carbons (Fsp3) is 0.462. The van der Waals surface area contributed by atoms with Crippen molar-refractivity contribution in [2.75, 3.05) is 11.1 Å². The number of nitrogens with one attached hydrogen (secondary N) is 1. The summed E-state index contributed by atoms with van der Waals surface area (Å²) >= 11 is 0. The molecule has 0 bridgehead atoms. The Labute approximate surface area is 104 Å². The first kappa shape index (κ1) is 12.8. The van der Waals surface area contributed by atoms with Crippen molar-refractivity contribution in [1.29, 1.82) is 0 Å². The lowest BCUT2D eigenvalue weighted by Crippen LogP contribution is -2.25. The van der Waals surface area contributed by atoms with Gasteiger partial charge in [-0.2, -0.15) is 0 Å². The molecule has 1 aromatic rings. The minimum absolute atomic E-state index is 0.0864. The first-order valence-corrected chi connectivity index (χ1v) is 6.13. The van der Waals surface area contributed by atoms with Crippen molar-refractivity contribution in [1.82, 2.24) is 0 Å². The van der Waals surface area contributed by atoms with Crippen LogP contribution in [-0.4, -0.2) is 5.91 Å². The number of halogens is 2. The summed E-state index contributed by atoms with van der Waals surface area (Å²) in [4.78, 5) is 11.9. The van der Waals surface area contributed by atoms with E-state index in [9.17, 15) is 13.6 Å². The molecule has 2 rings (SSSR count). The monoisotopic (exact) mass is 254 g/mol. The molecule has 1 aliphatic rings. The van der Waals surface area contributed by atoms with Gasteiger partial charge in [-0.3, -0.25) is 4.79 Å². The van der Waals surface area contributed by atoms with Gasteiger partial charge in [-0.15, -0.1) is 0 Å². The average molecular weight is 254 g/mol. The van der Waals surface area contributed by atoms with Gasteiger partial charge >= 0.3 is 0 Å². The zero-order valence-electron chi connectivity index (χ0n) is 10.0. The van der Waals surface area contributed by atoms with Crippen molar-refractivity contribution in [2.24, 2.45) is 5.92 Å². The average Bonchev–Trinajstić information content (AvgIpc) is 2.34. The van der Waals surface area contributed by atoms with Crippen LogP contribution in [0.2, 0.25) is 0 Å². The quantitative estimate of drug-likeness (QED) is 0.797. The Morgan fingerprint density at radius 1 is 1.22 bits per heavy atom. The van der Waals surface area contributed by atoms with Crippen molar-refractivity contribution < 1.29 is 13.6 Å². The number of nitrogen functional groups attached to an aromatic ring is 1. The number of carbonyl (C=O) groups excluding carboxylic acids is 1. The van der Waals surface area contributed by atoms with Gasteiger partial charge in [-0.25, -0.2) is 8.78 Å². The van der Waals surface area contributed by atoms with Crippen LogP contribution in [0.25, 0.3) is 0 Å². The predicted octanol–water partition coefficient (Wildman–Crippen LogP) is 3.07. The Hall–Kier alpha value is -1.65. The van der Waals surface area contributed by atoms with E-state index >= 15 is 0 Å². The van der Waals surface area contributed by atoms with E-state index in [0.717, 1.165) is 38.2 Å². The highest BCUT2D eigenvalue weighted by Gasteiger charge is 2.22. The molecule has 3 nitrogen and oxygen atoms in total. The normalized spacial score (nSPS) is 16.6. The van der Waals surface area contributed by atoms with Gasteiger partial charge in [-0.1, -0.05) is 19.3 Å². The van der Waals surface area contributed by atoms with E-state index in [-0.39, 0.29) is 23.2 Å². The zero-order chi connectivity index (χ0) is 13.1. The van der Waals surface area contributed by atoms with E-state index in [0.29, 0.717) is 6.07 Å². The van der Waals surface area contributed by atoms with E-state index < -0.39 is 11.6 Å². The van der Waals surface area contributed by atoms with Crippen LogP contribution < -0.4 is 11.1 Å². The maximum Gasteiger partial charge on any atom is 0.227 e. The summed E-state index contributed by atoms with van der Waals surface area (Å²) in [6, 6.07) is 1.71. The molecule has 0 atom stereocenters. The Balaban J connectivity index is 2.11. The number of rotatable bonds is 2. The molecule has 1 amide bonds. The summed E-state index contributed by atoms with van der Waals surface area (Å²) in [6.07, 6.45) is 4.79. The van der Waals surface area contributed by atoms with E-state index in [4.69, 9.17) is 5.73 Å². The molecule has 0 unspecified atom stereocenters. The summed E-state index contributed by atoms with van der Waals surface area (Å²) in [6.45, 7) is 0. The number of benzene rings is 1. The first-order chi connectivity index (χ1) is 8.58. The second-order valence-corrected chi connectivity index (χ2v) is 4.68. The summed E-state index contributed by atoms with van der Waals surface area (Å²) in [5, 5.41) is 2.47. The highest BCUT2D eigenvalue weighted by molar-refractivity contribution is 5.95. The maximum absolute atomic E-state index is 13.5. The van der Waals surface area contributed by atoms with E-state index in [2.05, 4.69) is 5.32 Å². The summed E-state index contributed by atoms with van der Waals surface area (Å²) in [5.74, 6) is -1.91. The molecule has 1 aliphatic carbocycles. The predicted molar refractivity (Wildman–Crippen MR) is 66.0 cm³/mol. The van der Waals surface area contributed by atoms with Crippen LogP contribution in [0.1, 0.15) is 32.1 Å². The Morgan fingerprint density at radius 2 is 1.89 bits per heavy atom. The van der Waals surface area contributed by atoms with Crippen LogP contribution in [0.5, 0.6) is 0 Å². The van der Waals surface area contributed by atoms with Crippen molar-refractivity contribution in [3.8, 4) is 0 Å². The van der Waals surface area contributed by atoms with Crippen LogP contribution in [-0.2, 0) is 4.79 Å². The highest BCUT2D eigenvalue weighted by Crippen LogP contribution is 2.28. The van der Waals surface area contributed by atoms with Crippen LogP contribution in [0, 0.1) is 17.6 Å². The zero-order valence-corrected chi connectivity index (χ0v) is 10.0. The van der Waals surface area contributed by atoms with Crippen LogP contribution in [0.15, 0.2) is 12.1 Å². The molecule has 3 N–H and O–H groups in total. The Kier molecular flexibility index (Phi) is 3.79. The molecule has 98 valence electrons. The van der Waals surface area contributed by atoms with Gasteiger partial charge in [0.25, 0.3) is 0 Å². The number of amides is 1. The Bertz CT molecular complexity index is 433. The van der Waals surface area contributed by atoms with E-state index in [1.165, 1.54) is 0 Å². The fourth-order valence-corrected chi connectivity index (χ4v) is 2.32. The Morgan fingerprint density at radius 3 is 2.50 bits per heavy atom. The van der Waals surface area contributed by atoms with Gasteiger partial charge in [0.1, 0.15) is 11.5 Å². The van der Waals surface area contributed by atoms with Gasteiger partial charge in [0.15, 0.2) is 5.82 Å². The summed E-state index contributed by atoms with van der Waals surface area (Å²) < 4.78 is 26.4. The fourth-order valence-electron chi connectivity index (χ4n) is 2.32. The third-order valence-electron chi connectivity index (χ3n) is 3.31. The SMILES string of the molecule is Nc1cc(F)cc(F)c1NC(=O)C1CCCCC1. The highest BCUT2D eigenvalue weighted by atomic mass is 19.1. The molecule has 5 heteroatoms. The smallest absolute Gasteiger partial charge is 0.227 e. The minimum Gasteiger partial charge on any atom is -0.397 e. The molecule has 1 aromatic carbocycles. The van der Waals surface area contributed by atoms with Crippen molar-refractivity contribution in [3.05, 3.63) is 23.8 Å². The molecule has 0 spiro atoms. The molecule has 0 aliphatic heterocycles. The number of hydrogen-bond donors (Lipinski definition) is 2. The topological polar surface area (TPSA) is 55.1 Å². The lowest BCUT2D eigenvalue weighted by atomic mass is 9.88. The molecule has 0 saturated heterocycles. The van der Waals surface area contributed by atoms with Crippen LogP contribution in [0.4, 0.5) is 20.2 Å². The third-order valence-corrected chi connectivity index (χ3v) is 3.31. The van der Waals surface area contributed by atoms with E-state index in [1.54, 1.807) is 0 Å². The van der Waals surface area contributed by atoms with Gasteiger partial charge in [0.2, 0.25) is 5.91 Å². The van der Waals surface area contributed by atoms with Crippen molar-refractivity contribution in [3.63, 3.8) is 0 Å². The van der Waals surface area contributed by atoms with Crippen molar-refractivity contribution >= 4 is 17.3 Å². The second-order valence-electron chi connectivity index (χ2n) is 4.68. The largest absolute Gasteiger partial charge is 0.397 e. The number of anilines is 2. The molecule has 1 saturated carbocycles. The lowest BCUT2D eigenvalue weighted by molar-refractivity contribution is -0.120. The lowest BCUT2D eigenvalue weighted by Gasteiger charge is -2.21. The number of hydrogen-bond acceptors (Lipinski definition) is 2. The second kappa shape index (κ2) is 5.33. The van der Waals surface area contributed by atoms with Gasteiger partial charge in [0, 0.05) is 12.0 Å². The van der Waals surface area contributed by atoms with Gasteiger partial charge in [0.05, 0.1) is 5.69 Å². The van der Waals surface area contributed by atoms with Gasteiger partial charge in [-0.05, 0) is 18.9 Å². The molecular formula is C13H16F2N2O. The summed E-state index contributed by atoms with van der Waals surface area (Å²) in [7, 11) is 0. The number of carbonyl (C=O) groups is 1. The standard InChI is InChI=1S/C13H16F2N2O/c14-9-6-10(15)12(11(16)7-9)17-13(18)8-4-2-1-3-5-8/h6-8H,1-5,16H2,(H,17,18).